The molecule has 2 rings (SSSR count). The number of benzene rings is 2. The fraction of sp³-hybridized carbons (Fsp3) is 0.150. The van der Waals surface area contributed by atoms with Crippen LogP contribution in [0.3, 0.4) is 0 Å². The number of nitrogens with one attached hydrogen (secondary N) is 3. The molecule has 134 valence electrons. The number of hydrogen-bond acceptors (Lipinski definition) is 3. The van der Waals surface area contributed by atoms with Gasteiger partial charge in [0.25, 0.3) is 11.8 Å². The first-order chi connectivity index (χ1) is 12.5. The van der Waals surface area contributed by atoms with Crippen LogP contribution in [0, 0.1) is 0 Å². The summed E-state index contributed by atoms with van der Waals surface area (Å²) in [6, 6.07) is 14.2. The highest BCUT2D eigenvalue weighted by atomic mass is 16.2. The molecule has 0 aliphatic heterocycles. The lowest BCUT2D eigenvalue weighted by atomic mass is 10.1. The van der Waals surface area contributed by atoms with Gasteiger partial charge in [0, 0.05) is 24.3 Å². The van der Waals surface area contributed by atoms with Crippen LogP contribution < -0.4 is 16.2 Å². The van der Waals surface area contributed by atoms with Crippen molar-refractivity contribution in [3.05, 3.63) is 71.3 Å². The minimum absolute atomic E-state index is 0.146. The second-order valence-electron chi connectivity index (χ2n) is 5.63. The molecule has 3 amide bonds. The Morgan fingerprint density at radius 2 is 1.58 bits per heavy atom. The normalized spacial score (nSPS) is 10.4. The number of carbonyl (C=O) groups excluding carboxylic acids is 3. The summed E-state index contributed by atoms with van der Waals surface area (Å²) in [6.45, 7) is 3.47. The quantitative estimate of drug-likeness (QED) is 0.572. The third-order valence-electron chi connectivity index (χ3n) is 3.58. The van der Waals surface area contributed by atoms with Crippen LogP contribution in [0.15, 0.2) is 54.6 Å². The molecule has 26 heavy (non-hydrogen) atoms. The minimum atomic E-state index is -0.450. The zero-order chi connectivity index (χ0) is 18.9. The van der Waals surface area contributed by atoms with Crippen molar-refractivity contribution < 1.29 is 14.4 Å². The van der Waals surface area contributed by atoms with Crippen molar-refractivity contribution in [1.29, 1.82) is 0 Å². The van der Waals surface area contributed by atoms with E-state index in [1.165, 1.54) is 13.0 Å². The second kappa shape index (κ2) is 9.17. The van der Waals surface area contributed by atoms with Gasteiger partial charge in [-0.1, -0.05) is 31.2 Å². The van der Waals surface area contributed by atoms with Gasteiger partial charge in [0.05, 0.1) is 0 Å². The number of aryl methyl sites for hydroxylation is 1. The molecule has 0 unspecified atom stereocenters. The molecule has 6 nitrogen and oxygen atoms in total. The van der Waals surface area contributed by atoms with E-state index >= 15 is 0 Å². The maximum Gasteiger partial charge on any atom is 0.269 e. The summed E-state index contributed by atoms with van der Waals surface area (Å²) in [5.41, 5.74) is 7.78. The van der Waals surface area contributed by atoms with E-state index in [-0.39, 0.29) is 11.8 Å². The lowest BCUT2D eigenvalue weighted by Crippen LogP contribution is -2.40. The molecule has 2 aromatic carbocycles. The average molecular weight is 351 g/mol. The van der Waals surface area contributed by atoms with E-state index in [2.05, 4.69) is 16.2 Å². The maximum atomic E-state index is 12.0. The molecule has 0 fully saturated rings. The molecule has 0 heterocycles. The molecule has 6 heteroatoms. The molecular weight excluding hydrogens is 330 g/mol. The first-order valence-corrected chi connectivity index (χ1v) is 8.23. The van der Waals surface area contributed by atoms with E-state index in [0.717, 1.165) is 17.5 Å². The molecule has 0 spiro atoms. The predicted molar refractivity (Wildman–Crippen MR) is 101 cm³/mol. The number of amides is 3. The van der Waals surface area contributed by atoms with E-state index in [9.17, 15) is 14.4 Å². The number of hydrazine groups is 1. The van der Waals surface area contributed by atoms with Gasteiger partial charge in [0.2, 0.25) is 5.91 Å². The molecule has 0 bridgehead atoms. The summed E-state index contributed by atoms with van der Waals surface area (Å²) in [5.74, 6) is -0.976. The van der Waals surface area contributed by atoms with Crippen LogP contribution in [0.5, 0.6) is 0 Å². The third-order valence-corrected chi connectivity index (χ3v) is 3.58. The Labute approximate surface area is 152 Å². The van der Waals surface area contributed by atoms with Gasteiger partial charge in [-0.25, -0.2) is 0 Å². The van der Waals surface area contributed by atoms with Crippen LogP contribution in [0.25, 0.3) is 6.08 Å². The van der Waals surface area contributed by atoms with E-state index in [0.29, 0.717) is 11.3 Å². The fourth-order valence-electron chi connectivity index (χ4n) is 2.18. The highest BCUT2D eigenvalue weighted by Crippen LogP contribution is 2.10. The second-order valence-corrected chi connectivity index (χ2v) is 5.63. The van der Waals surface area contributed by atoms with Crippen molar-refractivity contribution in [3.63, 3.8) is 0 Å². The molecule has 2 aromatic rings. The summed E-state index contributed by atoms with van der Waals surface area (Å²) >= 11 is 0. The van der Waals surface area contributed by atoms with Gasteiger partial charge >= 0.3 is 0 Å². The van der Waals surface area contributed by atoms with Crippen molar-refractivity contribution in [2.75, 3.05) is 5.32 Å². The van der Waals surface area contributed by atoms with Crippen molar-refractivity contribution in [1.82, 2.24) is 10.9 Å². The predicted octanol–water partition coefficient (Wildman–Crippen LogP) is 2.68. The summed E-state index contributed by atoms with van der Waals surface area (Å²) in [6.07, 6.45) is 3.82. The maximum absolute atomic E-state index is 12.0. The van der Waals surface area contributed by atoms with Gasteiger partial charge in [-0.3, -0.25) is 25.2 Å². The van der Waals surface area contributed by atoms with Gasteiger partial charge in [-0.2, -0.15) is 0 Å². The molecule has 3 N–H and O–H groups in total. The van der Waals surface area contributed by atoms with Gasteiger partial charge in [-0.15, -0.1) is 0 Å². The van der Waals surface area contributed by atoms with Crippen LogP contribution in [-0.4, -0.2) is 17.7 Å². The Balaban J connectivity index is 1.84. The fourth-order valence-corrected chi connectivity index (χ4v) is 2.18. The highest BCUT2D eigenvalue weighted by Gasteiger charge is 2.05. The Morgan fingerprint density at radius 3 is 2.15 bits per heavy atom. The largest absolute Gasteiger partial charge is 0.326 e. The molecule has 0 saturated heterocycles. The van der Waals surface area contributed by atoms with Crippen LogP contribution in [0.4, 0.5) is 5.69 Å². The van der Waals surface area contributed by atoms with Gasteiger partial charge in [0.15, 0.2) is 0 Å². The van der Waals surface area contributed by atoms with E-state index in [4.69, 9.17) is 0 Å². The number of carbonyl (C=O) groups is 3. The summed E-state index contributed by atoms with van der Waals surface area (Å²) in [5, 5.41) is 2.66. The van der Waals surface area contributed by atoms with E-state index in [1.807, 2.05) is 19.1 Å². The number of hydrogen-bond donors (Lipinski definition) is 3. The Hall–Kier alpha value is -3.41. The SMILES string of the molecule is CCc1ccc(C(=O)NNC(=O)/C=C/c2ccc(NC(C)=O)cc2)cc1. The van der Waals surface area contributed by atoms with Crippen molar-refractivity contribution in [2.45, 2.75) is 20.3 Å². The Bertz CT molecular complexity index is 809. The van der Waals surface area contributed by atoms with Gasteiger partial charge in [0.1, 0.15) is 0 Å². The smallest absolute Gasteiger partial charge is 0.269 e. The monoisotopic (exact) mass is 351 g/mol. The zero-order valence-electron chi connectivity index (χ0n) is 14.7. The molecule has 0 aliphatic rings. The van der Waals surface area contributed by atoms with Crippen molar-refractivity contribution in [2.24, 2.45) is 0 Å². The number of anilines is 1. The lowest BCUT2D eigenvalue weighted by molar-refractivity contribution is -0.117. The molecule has 0 atom stereocenters. The Kier molecular flexibility index (Phi) is 6.68. The van der Waals surface area contributed by atoms with Crippen LogP contribution in [0.1, 0.15) is 35.3 Å². The zero-order valence-corrected chi connectivity index (χ0v) is 14.7. The standard InChI is InChI=1S/C20H21N3O3/c1-3-15-4-9-17(10-5-15)20(26)23-22-19(25)13-8-16-6-11-18(12-7-16)21-14(2)24/h4-13H,3H2,1-2H3,(H,21,24)(H,22,25)(H,23,26)/b13-8+. The highest BCUT2D eigenvalue weighted by molar-refractivity contribution is 5.98. The van der Waals surface area contributed by atoms with Crippen LogP contribution in [0.2, 0.25) is 0 Å². The molecule has 0 aliphatic carbocycles. The van der Waals surface area contributed by atoms with E-state index in [1.54, 1.807) is 42.5 Å². The van der Waals surface area contributed by atoms with Crippen LogP contribution in [-0.2, 0) is 16.0 Å². The van der Waals surface area contributed by atoms with Crippen molar-refractivity contribution >= 4 is 29.5 Å². The van der Waals surface area contributed by atoms with Gasteiger partial charge < -0.3 is 5.32 Å². The topological polar surface area (TPSA) is 87.3 Å². The Morgan fingerprint density at radius 1 is 0.923 bits per heavy atom. The van der Waals surface area contributed by atoms with Crippen molar-refractivity contribution in [3.8, 4) is 0 Å². The van der Waals surface area contributed by atoms with E-state index < -0.39 is 5.91 Å². The third kappa shape index (κ3) is 5.90. The first kappa shape index (κ1) is 18.9. The summed E-state index contributed by atoms with van der Waals surface area (Å²) in [7, 11) is 0. The average Bonchev–Trinajstić information content (AvgIpc) is 2.65. The first-order valence-electron chi connectivity index (χ1n) is 8.23. The summed E-state index contributed by atoms with van der Waals surface area (Å²) in [4.78, 5) is 34.7. The minimum Gasteiger partial charge on any atom is -0.326 e. The molecule has 0 saturated carbocycles. The molecular formula is C20H21N3O3. The van der Waals surface area contributed by atoms with Crippen LogP contribution >= 0.6 is 0 Å². The number of rotatable bonds is 5. The molecule has 0 radical (unpaired) electrons. The van der Waals surface area contributed by atoms with Gasteiger partial charge in [-0.05, 0) is 47.9 Å². The summed E-state index contributed by atoms with van der Waals surface area (Å²) < 4.78 is 0. The lowest BCUT2D eigenvalue weighted by Gasteiger charge is -2.06. The molecule has 0 aromatic heterocycles.